The first-order valence-electron chi connectivity index (χ1n) is 7.63. The van der Waals surface area contributed by atoms with Crippen molar-refractivity contribution in [2.75, 3.05) is 0 Å². The Morgan fingerprint density at radius 2 is 1.79 bits per heavy atom. The highest BCUT2D eigenvalue weighted by Gasteiger charge is 2.33. The lowest BCUT2D eigenvalue weighted by Gasteiger charge is -2.24. The summed E-state index contributed by atoms with van der Waals surface area (Å²) in [5, 5.41) is 0.580. The van der Waals surface area contributed by atoms with E-state index in [9.17, 15) is 14.4 Å². The first kappa shape index (κ1) is 18.6. The van der Waals surface area contributed by atoms with Gasteiger partial charge in [-0.15, -0.1) is 16.8 Å². The van der Waals surface area contributed by atoms with Crippen LogP contribution in [0.5, 0.6) is 0 Å². The summed E-state index contributed by atoms with van der Waals surface area (Å²) >= 11 is 6.96. The second kappa shape index (κ2) is 7.90. The van der Waals surface area contributed by atoms with Crippen LogP contribution in [0.25, 0.3) is 0 Å². The number of carbonyl (C=O) groups excluding carboxylic acids is 3. The monoisotopic (exact) mass is 365 g/mol. The molecule has 1 fully saturated rings. The summed E-state index contributed by atoms with van der Waals surface area (Å²) in [7, 11) is 0. The number of rotatable bonds is 6. The van der Waals surface area contributed by atoms with Crippen molar-refractivity contribution in [1.82, 2.24) is 5.06 Å². The lowest BCUT2D eigenvalue weighted by molar-refractivity contribution is -0.197. The molecule has 1 saturated heterocycles. The fourth-order valence-electron chi connectivity index (χ4n) is 2.14. The number of amides is 2. The number of thioether (sulfide) groups is 1. The second-order valence-corrected chi connectivity index (χ2v) is 8.44. The molecule has 0 aromatic heterocycles. The third kappa shape index (κ3) is 5.14. The van der Waals surface area contributed by atoms with Crippen LogP contribution in [0.2, 0.25) is 0 Å². The lowest BCUT2D eigenvalue weighted by atomic mass is 10.1. The quantitative estimate of drug-likeness (QED) is 0.569. The normalized spacial score (nSPS) is 14.8. The minimum atomic E-state index is -0.585. The molecular weight excluding hydrogens is 346 g/mol. The number of hydrogen-bond acceptors (Lipinski definition) is 6. The Labute approximate surface area is 150 Å². The van der Waals surface area contributed by atoms with E-state index < -0.39 is 17.8 Å². The van der Waals surface area contributed by atoms with Gasteiger partial charge in [-0.05, 0) is 12.0 Å². The first-order valence-corrected chi connectivity index (χ1v) is 8.86. The molecule has 2 rings (SSSR count). The molecule has 0 N–H and O–H groups in total. The molecule has 0 spiro atoms. The van der Waals surface area contributed by atoms with Crippen molar-refractivity contribution in [3.63, 3.8) is 0 Å². The Bertz CT molecular complexity index is 642. The fourth-order valence-corrected chi connectivity index (χ4v) is 3.92. The molecule has 0 aliphatic carbocycles. The molecule has 1 aromatic rings. The van der Waals surface area contributed by atoms with Crippen LogP contribution >= 0.6 is 24.0 Å². The Balaban J connectivity index is 1.83. The van der Waals surface area contributed by atoms with Crippen LogP contribution in [0.1, 0.15) is 45.1 Å². The van der Waals surface area contributed by atoms with E-state index in [4.69, 9.17) is 17.1 Å². The van der Waals surface area contributed by atoms with Crippen LogP contribution in [-0.4, -0.2) is 31.8 Å². The molecule has 0 bridgehead atoms. The van der Waals surface area contributed by atoms with Gasteiger partial charge in [0, 0.05) is 24.0 Å². The predicted octanol–water partition coefficient (Wildman–Crippen LogP) is 3.26. The minimum absolute atomic E-state index is 0.0960. The van der Waals surface area contributed by atoms with E-state index in [-0.39, 0.29) is 24.0 Å². The van der Waals surface area contributed by atoms with E-state index in [2.05, 4.69) is 0 Å². The number of carbonyl (C=O) groups is 3. The van der Waals surface area contributed by atoms with E-state index in [0.29, 0.717) is 11.5 Å². The molecule has 0 unspecified atom stereocenters. The van der Waals surface area contributed by atoms with Crippen LogP contribution in [-0.2, 0) is 19.2 Å². The highest BCUT2D eigenvalue weighted by molar-refractivity contribution is 8.24. The van der Waals surface area contributed by atoms with E-state index in [1.807, 2.05) is 44.2 Å². The van der Waals surface area contributed by atoms with E-state index in [1.54, 1.807) is 0 Å². The number of thiocarbonyl (C=S) groups is 1. The van der Waals surface area contributed by atoms with Crippen molar-refractivity contribution in [2.24, 2.45) is 0 Å². The summed E-state index contributed by atoms with van der Waals surface area (Å²) in [6, 6.07) is 9.68. The molecule has 1 aromatic carbocycles. The zero-order valence-corrected chi connectivity index (χ0v) is 15.2. The lowest BCUT2D eigenvalue weighted by Crippen LogP contribution is -2.32. The van der Waals surface area contributed by atoms with Crippen molar-refractivity contribution in [3.8, 4) is 0 Å². The van der Waals surface area contributed by atoms with Gasteiger partial charge in [0.15, 0.2) is 0 Å². The third-order valence-corrected chi connectivity index (χ3v) is 5.17. The molecule has 1 aliphatic heterocycles. The van der Waals surface area contributed by atoms with Crippen molar-refractivity contribution in [3.05, 3.63) is 35.9 Å². The van der Waals surface area contributed by atoms with E-state index >= 15 is 0 Å². The van der Waals surface area contributed by atoms with Crippen LogP contribution in [0, 0.1) is 0 Å². The van der Waals surface area contributed by atoms with E-state index in [1.165, 1.54) is 11.8 Å². The Hall–Kier alpha value is -1.73. The number of hydroxylamine groups is 2. The molecule has 0 saturated carbocycles. The predicted molar refractivity (Wildman–Crippen MR) is 96.2 cm³/mol. The molecular formula is C17H19NO4S2. The van der Waals surface area contributed by atoms with Crippen LogP contribution < -0.4 is 0 Å². The van der Waals surface area contributed by atoms with Crippen molar-refractivity contribution in [2.45, 2.75) is 44.3 Å². The average Bonchev–Trinajstić information content (AvgIpc) is 2.85. The van der Waals surface area contributed by atoms with Crippen molar-refractivity contribution in [1.29, 1.82) is 0 Å². The highest BCUT2D eigenvalue weighted by atomic mass is 32.2. The molecule has 2 amide bonds. The van der Waals surface area contributed by atoms with Gasteiger partial charge in [0.2, 0.25) is 0 Å². The molecule has 0 atom stereocenters. The Morgan fingerprint density at radius 3 is 2.38 bits per heavy atom. The smallest absolute Gasteiger partial charge is 0.330 e. The number of nitrogens with zero attached hydrogens (tertiary/aromatic N) is 1. The summed E-state index contributed by atoms with van der Waals surface area (Å²) in [5.41, 5.74) is 0.974. The fraction of sp³-hybridized carbons (Fsp3) is 0.412. The maximum absolute atomic E-state index is 11.9. The molecule has 1 aliphatic rings. The summed E-state index contributed by atoms with van der Waals surface area (Å²) < 4.78 is 0.490. The Kier molecular flexibility index (Phi) is 6.12. The van der Waals surface area contributed by atoms with Crippen LogP contribution in [0.4, 0.5) is 0 Å². The van der Waals surface area contributed by atoms with Crippen LogP contribution in [0.3, 0.4) is 0 Å². The van der Waals surface area contributed by atoms with Gasteiger partial charge < -0.3 is 4.84 Å². The molecule has 1 heterocycles. The molecule has 128 valence electrons. The van der Waals surface area contributed by atoms with Gasteiger partial charge in [0.05, 0.1) is 4.20 Å². The summed E-state index contributed by atoms with van der Waals surface area (Å²) in [6.45, 7) is 3.98. The molecule has 24 heavy (non-hydrogen) atoms. The van der Waals surface area contributed by atoms with E-state index in [0.717, 1.165) is 9.76 Å². The van der Waals surface area contributed by atoms with Gasteiger partial charge >= 0.3 is 5.97 Å². The summed E-state index contributed by atoms with van der Waals surface area (Å²) in [5.74, 6) is -1.52. The number of benzene rings is 1. The third-order valence-electron chi connectivity index (χ3n) is 3.51. The molecule has 7 heteroatoms. The first-order chi connectivity index (χ1) is 11.3. The topological polar surface area (TPSA) is 63.7 Å². The SMILES string of the molecule is CC(C)(CCC(=O)ON1C(=O)CCC1=O)SC(=S)c1ccccc1. The van der Waals surface area contributed by atoms with Crippen molar-refractivity contribution < 1.29 is 19.2 Å². The van der Waals surface area contributed by atoms with Gasteiger partial charge in [-0.3, -0.25) is 9.59 Å². The number of imide groups is 1. The van der Waals surface area contributed by atoms with Gasteiger partial charge in [-0.25, -0.2) is 4.79 Å². The maximum Gasteiger partial charge on any atom is 0.333 e. The average molecular weight is 365 g/mol. The van der Waals surface area contributed by atoms with Crippen molar-refractivity contribution >= 4 is 46.0 Å². The zero-order valence-electron chi connectivity index (χ0n) is 13.6. The van der Waals surface area contributed by atoms with Gasteiger partial charge in [0.1, 0.15) is 0 Å². The standard InChI is InChI=1S/C17H19NO4S2/c1-17(2,24-16(23)12-6-4-3-5-7-12)11-10-15(21)22-18-13(19)8-9-14(18)20/h3-7H,8-11H2,1-2H3. The zero-order chi connectivity index (χ0) is 17.7. The summed E-state index contributed by atoms with van der Waals surface area (Å²) in [4.78, 5) is 39.6. The van der Waals surface area contributed by atoms with Gasteiger partial charge in [-0.2, -0.15) is 0 Å². The second-order valence-electron chi connectivity index (χ2n) is 6.06. The van der Waals surface area contributed by atoms with Crippen LogP contribution in [0.15, 0.2) is 30.3 Å². The molecule has 0 radical (unpaired) electrons. The maximum atomic E-state index is 11.9. The molecule has 5 nitrogen and oxygen atoms in total. The minimum Gasteiger partial charge on any atom is -0.330 e. The highest BCUT2D eigenvalue weighted by Crippen LogP contribution is 2.33. The number of hydrogen-bond donors (Lipinski definition) is 0. The van der Waals surface area contributed by atoms with Gasteiger partial charge in [0.25, 0.3) is 11.8 Å². The largest absolute Gasteiger partial charge is 0.333 e. The Morgan fingerprint density at radius 1 is 1.21 bits per heavy atom. The van der Waals surface area contributed by atoms with Gasteiger partial charge in [-0.1, -0.05) is 56.4 Å². The summed E-state index contributed by atoms with van der Waals surface area (Å²) in [6.07, 6.45) is 0.811.